The van der Waals surface area contributed by atoms with Crippen molar-refractivity contribution in [3.05, 3.63) is 40.9 Å². The van der Waals surface area contributed by atoms with Gasteiger partial charge in [-0.05, 0) is 18.4 Å². The van der Waals surface area contributed by atoms with Gasteiger partial charge in [-0.2, -0.15) is 0 Å². The lowest BCUT2D eigenvalue weighted by atomic mass is 10.0. The van der Waals surface area contributed by atoms with E-state index in [2.05, 4.69) is 9.88 Å². The lowest BCUT2D eigenvalue weighted by molar-refractivity contribution is 0.104. The SMILES string of the molecule is CSc1cccc(C(=O)c2cnc(N3CC4COCC4C3)s2)c1. The number of thioether (sulfide) groups is 1. The van der Waals surface area contributed by atoms with Crippen LogP contribution in [0.1, 0.15) is 15.2 Å². The van der Waals surface area contributed by atoms with Crippen LogP contribution in [0.4, 0.5) is 5.13 Å². The molecule has 0 bridgehead atoms. The number of fused-ring (bicyclic) bond motifs is 1. The van der Waals surface area contributed by atoms with Gasteiger partial charge in [-0.25, -0.2) is 4.98 Å². The van der Waals surface area contributed by atoms with Crippen molar-refractivity contribution in [2.24, 2.45) is 11.8 Å². The van der Waals surface area contributed by atoms with Gasteiger partial charge in [-0.3, -0.25) is 4.79 Å². The predicted molar refractivity (Wildman–Crippen MR) is 93.8 cm³/mol. The Kier molecular flexibility index (Phi) is 4.13. The Bertz CT molecular complexity index is 719. The fraction of sp³-hybridized carbons (Fsp3) is 0.412. The zero-order valence-corrected chi connectivity index (χ0v) is 14.5. The maximum atomic E-state index is 12.7. The van der Waals surface area contributed by atoms with E-state index < -0.39 is 0 Å². The molecule has 2 aliphatic rings. The quantitative estimate of drug-likeness (QED) is 0.628. The summed E-state index contributed by atoms with van der Waals surface area (Å²) in [6.07, 6.45) is 3.74. The van der Waals surface area contributed by atoms with Gasteiger partial charge in [0.15, 0.2) is 5.13 Å². The Morgan fingerprint density at radius 3 is 2.87 bits per heavy atom. The minimum absolute atomic E-state index is 0.0624. The van der Waals surface area contributed by atoms with Crippen molar-refractivity contribution in [2.75, 3.05) is 37.5 Å². The molecule has 1 aromatic heterocycles. The highest BCUT2D eigenvalue weighted by Gasteiger charge is 2.38. The summed E-state index contributed by atoms with van der Waals surface area (Å²) in [6.45, 7) is 3.71. The molecular formula is C17H18N2O2S2. The number of rotatable bonds is 4. The number of hydrogen-bond donors (Lipinski definition) is 0. The van der Waals surface area contributed by atoms with E-state index in [1.807, 2.05) is 30.5 Å². The first-order valence-electron chi connectivity index (χ1n) is 7.72. The van der Waals surface area contributed by atoms with Crippen molar-refractivity contribution in [2.45, 2.75) is 4.90 Å². The maximum absolute atomic E-state index is 12.7. The molecule has 3 heterocycles. The molecule has 6 heteroatoms. The molecule has 2 saturated heterocycles. The van der Waals surface area contributed by atoms with Gasteiger partial charge in [-0.15, -0.1) is 11.8 Å². The third-order valence-electron chi connectivity index (χ3n) is 4.56. The van der Waals surface area contributed by atoms with Crippen LogP contribution in [0, 0.1) is 11.8 Å². The van der Waals surface area contributed by atoms with Crippen molar-refractivity contribution in [1.29, 1.82) is 0 Å². The molecule has 4 nitrogen and oxygen atoms in total. The average Bonchev–Trinajstić information content (AvgIpc) is 3.28. The number of carbonyl (C=O) groups excluding carboxylic acids is 1. The third kappa shape index (κ3) is 2.91. The zero-order valence-electron chi connectivity index (χ0n) is 12.9. The second-order valence-corrected chi connectivity index (χ2v) is 7.92. The van der Waals surface area contributed by atoms with E-state index in [0.717, 1.165) is 41.9 Å². The van der Waals surface area contributed by atoms with Crippen molar-refractivity contribution in [3.8, 4) is 0 Å². The van der Waals surface area contributed by atoms with Crippen LogP contribution in [0.15, 0.2) is 35.4 Å². The molecule has 0 amide bonds. The van der Waals surface area contributed by atoms with Gasteiger partial charge >= 0.3 is 0 Å². The number of benzene rings is 1. The van der Waals surface area contributed by atoms with Gasteiger partial charge in [0.05, 0.1) is 24.3 Å². The summed E-state index contributed by atoms with van der Waals surface area (Å²) in [5.41, 5.74) is 0.735. The van der Waals surface area contributed by atoms with E-state index in [1.165, 1.54) is 11.3 Å². The number of thiazole rings is 1. The second kappa shape index (κ2) is 6.26. The van der Waals surface area contributed by atoms with Crippen molar-refractivity contribution in [1.82, 2.24) is 4.98 Å². The first kappa shape index (κ1) is 15.2. The van der Waals surface area contributed by atoms with E-state index >= 15 is 0 Å². The summed E-state index contributed by atoms with van der Waals surface area (Å²) < 4.78 is 5.52. The van der Waals surface area contributed by atoms with Gasteiger partial charge in [0.2, 0.25) is 5.78 Å². The van der Waals surface area contributed by atoms with Crippen LogP contribution in [-0.4, -0.2) is 43.3 Å². The minimum Gasteiger partial charge on any atom is -0.381 e. The van der Waals surface area contributed by atoms with Gasteiger partial charge < -0.3 is 9.64 Å². The summed E-state index contributed by atoms with van der Waals surface area (Å²) in [5, 5.41) is 0.962. The van der Waals surface area contributed by atoms with Crippen molar-refractivity contribution >= 4 is 34.0 Å². The Labute approximate surface area is 143 Å². The highest BCUT2D eigenvalue weighted by molar-refractivity contribution is 7.98. The Balaban J connectivity index is 1.52. The maximum Gasteiger partial charge on any atom is 0.204 e. The minimum atomic E-state index is 0.0624. The summed E-state index contributed by atoms with van der Waals surface area (Å²) in [4.78, 5) is 21.3. The highest BCUT2D eigenvalue weighted by Crippen LogP contribution is 2.35. The highest BCUT2D eigenvalue weighted by atomic mass is 32.2. The lowest BCUT2D eigenvalue weighted by Crippen LogP contribution is -2.21. The number of carbonyl (C=O) groups is 1. The van der Waals surface area contributed by atoms with Crippen molar-refractivity contribution in [3.63, 3.8) is 0 Å². The number of hydrogen-bond acceptors (Lipinski definition) is 6. The fourth-order valence-electron chi connectivity index (χ4n) is 3.27. The number of anilines is 1. The Morgan fingerprint density at radius 2 is 2.13 bits per heavy atom. The number of aromatic nitrogens is 1. The normalized spacial score (nSPS) is 23.3. The van der Waals surface area contributed by atoms with Crippen LogP contribution < -0.4 is 4.90 Å². The zero-order chi connectivity index (χ0) is 15.8. The first-order chi connectivity index (χ1) is 11.2. The molecule has 4 rings (SSSR count). The Hall–Kier alpha value is -1.37. The molecular weight excluding hydrogens is 328 g/mol. The summed E-state index contributed by atoms with van der Waals surface area (Å²) in [7, 11) is 0. The van der Waals surface area contributed by atoms with Crippen LogP contribution in [0.25, 0.3) is 0 Å². The molecule has 0 spiro atoms. The molecule has 1 aromatic carbocycles. The summed E-state index contributed by atoms with van der Waals surface area (Å²) >= 11 is 3.15. The van der Waals surface area contributed by atoms with E-state index in [0.29, 0.717) is 16.7 Å². The number of ketones is 1. The smallest absolute Gasteiger partial charge is 0.204 e. The molecule has 2 aliphatic heterocycles. The molecule has 0 radical (unpaired) electrons. The molecule has 2 aromatic rings. The third-order valence-corrected chi connectivity index (χ3v) is 6.34. The molecule has 2 unspecified atom stereocenters. The van der Waals surface area contributed by atoms with Gasteiger partial charge in [0.1, 0.15) is 0 Å². The fourth-order valence-corrected chi connectivity index (χ4v) is 4.62. The van der Waals surface area contributed by atoms with Gasteiger partial charge in [0, 0.05) is 35.4 Å². The standard InChI is InChI=1S/C17H18N2O2S2/c1-22-14-4-2-3-11(5-14)16(20)15-6-18-17(23-15)19-7-12-9-21-10-13(12)8-19/h2-6,12-13H,7-10H2,1H3. The van der Waals surface area contributed by atoms with Crippen LogP contribution >= 0.6 is 23.1 Å². The average molecular weight is 346 g/mol. The molecule has 2 atom stereocenters. The largest absolute Gasteiger partial charge is 0.381 e. The topological polar surface area (TPSA) is 42.4 Å². The van der Waals surface area contributed by atoms with E-state index in [4.69, 9.17) is 4.74 Å². The number of ether oxygens (including phenoxy) is 1. The number of nitrogens with zero attached hydrogens (tertiary/aromatic N) is 2. The van der Waals surface area contributed by atoms with E-state index in [9.17, 15) is 4.79 Å². The molecule has 120 valence electrons. The summed E-state index contributed by atoms with van der Waals surface area (Å²) in [6, 6.07) is 7.77. The van der Waals surface area contributed by atoms with Gasteiger partial charge in [0.25, 0.3) is 0 Å². The van der Waals surface area contributed by atoms with E-state index in [-0.39, 0.29) is 5.78 Å². The van der Waals surface area contributed by atoms with Crippen LogP contribution in [0.2, 0.25) is 0 Å². The lowest BCUT2D eigenvalue weighted by Gasteiger charge is -2.15. The summed E-state index contributed by atoms with van der Waals surface area (Å²) in [5.74, 6) is 1.31. The monoisotopic (exact) mass is 346 g/mol. The van der Waals surface area contributed by atoms with Crippen LogP contribution in [0.5, 0.6) is 0 Å². The Morgan fingerprint density at radius 1 is 1.35 bits per heavy atom. The first-order valence-corrected chi connectivity index (χ1v) is 9.76. The second-order valence-electron chi connectivity index (χ2n) is 6.03. The van der Waals surface area contributed by atoms with E-state index in [1.54, 1.807) is 18.0 Å². The van der Waals surface area contributed by atoms with Gasteiger partial charge in [-0.1, -0.05) is 23.5 Å². The predicted octanol–water partition coefficient (Wildman–Crippen LogP) is 3.18. The molecule has 23 heavy (non-hydrogen) atoms. The molecule has 0 N–H and O–H groups in total. The molecule has 2 fully saturated rings. The van der Waals surface area contributed by atoms with Crippen LogP contribution in [-0.2, 0) is 4.74 Å². The molecule has 0 aliphatic carbocycles. The van der Waals surface area contributed by atoms with Crippen LogP contribution in [0.3, 0.4) is 0 Å². The van der Waals surface area contributed by atoms with Crippen molar-refractivity contribution < 1.29 is 9.53 Å². The molecule has 0 saturated carbocycles.